The first-order valence-electron chi connectivity index (χ1n) is 6.79. The molecule has 8 N–H and O–H groups in total. The lowest BCUT2D eigenvalue weighted by molar-refractivity contribution is -0.119. The lowest BCUT2D eigenvalue weighted by Crippen LogP contribution is -2.25. The minimum atomic E-state index is -0.605. The van der Waals surface area contributed by atoms with Gasteiger partial charge in [0.2, 0.25) is 0 Å². The van der Waals surface area contributed by atoms with Crippen LogP contribution in [0.4, 0.5) is 0 Å². The van der Waals surface area contributed by atoms with E-state index in [1.54, 1.807) is 36.4 Å². The van der Waals surface area contributed by atoms with Gasteiger partial charge >= 0.3 is 0 Å². The van der Waals surface area contributed by atoms with Gasteiger partial charge in [0.15, 0.2) is 18.5 Å². The molecule has 0 aliphatic rings. The van der Waals surface area contributed by atoms with Crippen LogP contribution in [-0.2, 0) is 4.79 Å². The number of hydrogen-bond donors (Lipinski definition) is 4. The number of nitrogens with zero attached hydrogens (tertiary/aromatic N) is 2. The van der Waals surface area contributed by atoms with Gasteiger partial charge < -0.3 is 27.7 Å². The highest BCUT2D eigenvalue weighted by Crippen LogP contribution is 2.24. The van der Waals surface area contributed by atoms with Gasteiger partial charge in [-0.05, 0) is 35.0 Å². The van der Waals surface area contributed by atoms with Crippen molar-refractivity contribution in [3.05, 3.63) is 42.0 Å². The maximum absolute atomic E-state index is 12.0. The van der Waals surface area contributed by atoms with Gasteiger partial charge in [-0.3, -0.25) is 9.59 Å². The molecule has 0 fully saturated rings. The smallest absolute Gasteiger partial charge is 0.286 e. The Morgan fingerprint density at radius 1 is 0.923 bits per heavy atom. The molecule has 11 heteroatoms. The number of hydrogen-bond acceptors (Lipinski definition) is 3. The molecule has 0 aromatic heterocycles. The van der Waals surface area contributed by atoms with Gasteiger partial charge in [-0.2, -0.15) is 9.98 Å². The predicted molar refractivity (Wildman–Crippen MR) is 105 cm³/mol. The van der Waals surface area contributed by atoms with Crippen molar-refractivity contribution >= 4 is 59.3 Å². The fourth-order valence-electron chi connectivity index (χ4n) is 2.04. The van der Waals surface area contributed by atoms with Gasteiger partial charge in [0.1, 0.15) is 5.75 Å². The highest BCUT2D eigenvalue weighted by atomic mass is 35.5. The molecule has 0 heterocycles. The molecule has 0 aliphatic carbocycles. The highest BCUT2D eigenvalue weighted by molar-refractivity contribution is 6.10. The molecule has 0 saturated carbocycles. The van der Waals surface area contributed by atoms with Crippen molar-refractivity contribution < 1.29 is 14.3 Å². The summed E-state index contributed by atoms with van der Waals surface area (Å²) in [7, 11) is 0. The molecule has 2 rings (SSSR count). The van der Waals surface area contributed by atoms with E-state index in [2.05, 4.69) is 9.98 Å². The van der Waals surface area contributed by atoms with Crippen molar-refractivity contribution in [3.8, 4) is 5.75 Å². The first kappa shape index (κ1) is 23.0. The molecule has 0 aliphatic heterocycles. The zero-order chi connectivity index (χ0) is 17.7. The Morgan fingerprint density at radius 2 is 1.58 bits per heavy atom. The number of ether oxygens (including phenoxy) is 1. The van der Waals surface area contributed by atoms with Crippen LogP contribution < -0.4 is 27.7 Å². The van der Waals surface area contributed by atoms with Crippen LogP contribution in [0.25, 0.3) is 10.8 Å². The summed E-state index contributed by atoms with van der Waals surface area (Å²) in [5.41, 5.74) is 21.0. The molecule has 0 atom stereocenters. The fourth-order valence-corrected chi connectivity index (χ4v) is 2.04. The number of guanidine groups is 2. The SMILES string of the molecule is Cl.Cl.NC(N)=NC(=O)COc1ccc2c(C(=O)N=C(N)N)cccc2c1. The first-order valence-corrected chi connectivity index (χ1v) is 6.79. The quantitative estimate of drug-likeness (QED) is 0.420. The van der Waals surface area contributed by atoms with E-state index in [-0.39, 0.29) is 43.3 Å². The Kier molecular flexibility index (Phi) is 8.89. The van der Waals surface area contributed by atoms with Crippen LogP contribution in [0.1, 0.15) is 10.4 Å². The molecule has 0 radical (unpaired) electrons. The van der Waals surface area contributed by atoms with E-state index < -0.39 is 11.8 Å². The van der Waals surface area contributed by atoms with Crippen LogP contribution in [0.3, 0.4) is 0 Å². The molecular weight excluding hydrogens is 383 g/mol. The van der Waals surface area contributed by atoms with Crippen LogP contribution in [0.2, 0.25) is 0 Å². The molecule has 26 heavy (non-hydrogen) atoms. The van der Waals surface area contributed by atoms with Crippen LogP contribution in [0.5, 0.6) is 5.75 Å². The van der Waals surface area contributed by atoms with Crippen molar-refractivity contribution in [2.75, 3.05) is 6.61 Å². The number of rotatable bonds is 4. The first-order chi connectivity index (χ1) is 11.4. The Labute approximate surface area is 161 Å². The van der Waals surface area contributed by atoms with Crippen LogP contribution in [-0.4, -0.2) is 30.3 Å². The Bertz CT molecular complexity index is 862. The summed E-state index contributed by atoms with van der Waals surface area (Å²) in [4.78, 5) is 30.3. The summed E-state index contributed by atoms with van der Waals surface area (Å²) in [5.74, 6) is -1.36. The van der Waals surface area contributed by atoms with E-state index in [9.17, 15) is 9.59 Å². The van der Waals surface area contributed by atoms with Crippen molar-refractivity contribution in [1.29, 1.82) is 0 Å². The number of carbonyl (C=O) groups excluding carboxylic acids is 2. The van der Waals surface area contributed by atoms with Crippen LogP contribution in [0, 0.1) is 0 Å². The second-order valence-electron chi connectivity index (χ2n) is 4.75. The molecule has 140 valence electrons. The second-order valence-corrected chi connectivity index (χ2v) is 4.75. The number of carbonyl (C=O) groups is 2. The second kappa shape index (κ2) is 10.1. The maximum atomic E-state index is 12.0. The van der Waals surface area contributed by atoms with Gasteiger partial charge in [0, 0.05) is 5.56 Å². The van der Waals surface area contributed by atoms with Crippen molar-refractivity contribution in [3.63, 3.8) is 0 Å². The maximum Gasteiger partial charge on any atom is 0.286 e. The average Bonchev–Trinajstić information content (AvgIpc) is 2.50. The van der Waals surface area contributed by atoms with E-state index in [1.807, 2.05) is 0 Å². The number of aliphatic imine (C=N–C) groups is 2. The van der Waals surface area contributed by atoms with E-state index in [0.717, 1.165) is 5.39 Å². The van der Waals surface area contributed by atoms with Gasteiger partial charge in [-0.25, -0.2) is 0 Å². The highest BCUT2D eigenvalue weighted by Gasteiger charge is 2.10. The normalized spacial score (nSPS) is 9.23. The number of halogens is 2. The Balaban J connectivity index is 0.00000312. The monoisotopic (exact) mass is 400 g/mol. The molecule has 0 bridgehead atoms. The standard InChI is InChI=1S/C15H16N6O3.2ClH/c16-14(17)20-12(22)7-24-9-4-5-10-8(6-9)2-1-3-11(10)13(23)21-15(18)19;;/h1-6H,7H2,(H4,16,17,20,22)(H4,18,19,21,23);2*1H. The van der Waals surface area contributed by atoms with Gasteiger partial charge in [-0.15, -0.1) is 24.8 Å². The molecule has 0 saturated heterocycles. The lowest BCUT2D eigenvalue weighted by Gasteiger charge is -2.07. The van der Waals surface area contributed by atoms with Gasteiger partial charge in [0.05, 0.1) is 0 Å². The third-order valence-electron chi connectivity index (χ3n) is 2.93. The van der Waals surface area contributed by atoms with E-state index >= 15 is 0 Å². The Morgan fingerprint density at radius 3 is 2.19 bits per heavy atom. The number of fused-ring (bicyclic) bond motifs is 1. The lowest BCUT2D eigenvalue weighted by atomic mass is 10.0. The molecule has 2 aromatic rings. The minimum Gasteiger partial charge on any atom is -0.484 e. The van der Waals surface area contributed by atoms with Crippen LogP contribution >= 0.6 is 24.8 Å². The zero-order valence-electron chi connectivity index (χ0n) is 13.4. The van der Waals surface area contributed by atoms with Crippen LogP contribution in [0.15, 0.2) is 46.4 Å². The number of benzene rings is 2. The van der Waals surface area contributed by atoms with Gasteiger partial charge in [0.25, 0.3) is 11.8 Å². The van der Waals surface area contributed by atoms with E-state index in [4.69, 9.17) is 27.7 Å². The number of nitrogens with two attached hydrogens (primary N) is 4. The largest absolute Gasteiger partial charge is 0.484 e. The van der Waals surface area contributed by atoms with Crippen molar-refractivity contribution in [2.24, 2.45) is 32.9 Å². The molecule has 9 nitrogen and oxygen atoms in total. The molecule has 0 spiro atoms. The average molecular weight is 401 g/mol. The summed E-state index contributed by atoms with van der Waals surface area (Å²) < 4.78 is 5.32. The number of amides is 2. The molecular formula is C15H18Cl2N6O3. The van der Waals surface area contributed by atoms with Gasteiger partial charge in [-0.1, -0.05) is 12.1 Å². The summed E-state index contributed by atoms with van der Waals surface area (Å²) in [5, 5.41) is 1.37. The summed E-state index contributed by atoms with van der Waals surface area (Å²) in [6.07, 6.45) is 0. The third kappa shape index (κ3) is 6.11. The minimum absolute atomic E-state index is 0. The molecule has 2 amide bonds. The molecule has 2 aromatic carbocycles. The van der Waals surface area contributed by atoms with Crippen molar-refractivity contribution in [2.45, 2.75) is 0 Å². The topological polar surface area (TPSA) is 172 Å². The summed E-state index contributed by atoms with van der Waals surface area (Å²) >= 11 is 0. The van der Waals surface area contributed by atoms with Crippen molar-refractivity contribution in [1.82, 2.24) is 0 Å². The van der Waals surface area contributed by atoms with E-state index in [0.29, 0.717) is 16.7 Å². The fraction of sp³-hybridized carbons (Fsp3) is 0.0667. The summed E-state index contributed by atoms with van der Waals surface area (Å²) in [6, 6.07) is 10.0. The Hall–Kier alpha value is -3.04. The zero-order valence-corrected chi connectivity index (χ0v) is 15.0. The summed E-state index contributed by atoms with van der Waals surface area (Å²) in [6.45, 7) is -0.309. The predicted octanol–water partition coefficient (Wildman–Crippen LogP) is 0.276. The third-order valence-corrected chi connectivity index (χ3v) is 2.93. The molecule has 0 unspecified atom stereocenters. The van der Waals surface area contributed by atoms with E-state index in [1.165, 1.54) is 0 Å².